The molecule has 0 amide bonds. The molecule has 7 nitrogen and oxygen atoms in total. The Morgan fingerprint density at radius 2 is 2.33 bits per heavy atom. The van der Waals surface area contributed by atoms with Crippen molar-refractivity contribution in [3.63, 3.8) is 0 Å². The number of nitrogens with zero attached hydrogens (tertiary/aromatic N) is 3. The average Bonchev–Trinajstić information content (AvgIpc) is 2.69. The molecule has 0 atom stereocenters. The van der Waals surface area contributed by atoms with Crippen LogP contribution in [0.4, 0.5) is 4.39 Å². The second kappa shape index (κ2) is 4.70. The van der Waals surface area contributed by atoms with Crippen molar-refractivity contribution in [2.24, 2.45) is 0 Å². The number of carboxylic acids is 1. The van der Waals surface area contributed by atoms with Crippen LogP contribution < -0.4 is 4.74 Å². The highest BCUT2D eigenvalue weighted by Gasteiger charge is 2.15. The normalized spacial score (nSPS) is 10.3. The number of rotatable bonds is 4. The van der Waals surface area contributed by atoms with Crippen LogP contribution in [0.2, 0.25) is 0 Å². The van der Waals surface area contributed by atoms with Crippen molar-refractivity contribution in [1.82, 2.24) is 14.9 Å². The molecule has 0 saturated carbocycles. The van der Waals surface area contributed by atoms with Gasteiger partial charge in [0.25, 0.3) is 0 Å². The summed E-state index contributed by atoms with van der Waals surface area (Å²) in [6, 6.07) is 3.76. The van der Waals surface area contributed by atoms with Crippen LogP contribution in [0.5, 0.6) is 5.88 Å². The van der Waals surface area contributed by atoms with Gasteiger partial charge in [0, 0.05) is 12.3 Å². The molecule has 2 rings (SSSR count). The summed E-state index contributed by atoms with van der Waals surface area (Å²) in [5.41, 5.74) is -0.147. The van der Waals surface area contributed by atoms with E-state index < -0.39 is 18.4 Å². The minimum atomic E-state index is -1.19. The van der Waals surface area contributed by atoms with Crippen LogP contribution in [0, 0.1) is 5.82 Å². The summed E-state index contributed by atoms with van der Waals surface area (Å²) in [5, 5.41) is 21.3. The van der Waals surface area contributed by atoms with Crippen molar-refractivity contribution in [3.8, 4) is 17.3 Å². The number of halogens is 1. The molecular formula is C10H8FN3O4. The van der Waals surface area contributed by atoms with Gasteiger partial charge in [-0.25, -0.2) is 9.18 Å². The first-order valence-electron chi connectivity index (χ1n) is 4.82. The van der Waals surface area contributed by atoms with E-state index in [1.165, 1.54) is 24.4 Å². The average molecular weight is 253 g/mol. The number of aromatic nitrogens is 3. The van der Waals surface area contributed by atoms with Crippen molar-refractivity contribution >= 4 is 5.97 Å². The fraction of sp³-hybridized carbons (Fsp3) is 0.100. The fourth-order valence-corrected chi connectivity index (χ4v) is 1.29. The van der Waals surface area contributed by atoms with Crippen LogP contribution >= 0.6 is 0 Å². The summed E-state index contributed by atoms with van der Waals surface area (Å²) in [6.07, 6.45) is 1.35. The standard InChI is InChI=1S/C10H8FN3O4/c11-6-2-1-3-12-10(6)7-4-8(13-14(7)17)18-5-9(15)16/h1-4,17H,5H2,(H,15,16). The van der Waals surface area contributed by atoms with Gasteiger partial charge >= 0.3 is 5.97 Å². The summed E-state index contributed by atoms with van der Waals surface area (Å²) >= 11 is 0. The van der Waals surface area contributed by atoms with Gasteiger partial charge in [0.2, 0.25) is 5.88 Å². The van der Waals surface area contributed by atoms with Crippen LogP contribution in [0.25, 0.3) is 11.4 Å². The van der Waals surface area contributed by atoms with E-state index in [9.17, 15) is 14.4 Å². The quantitative estimate of drug-likeness (QED) is 0.781. The first-order chi connectivity index (χ1) is 8.58. The number of pyridine rings is 1. The van der Waals surface area contributed by atoms with E-state index in [1.54, 1.807) is 0 Å². The lowest BCUT2D eigenvalue weighted by atomic mass is 10.2. The minimum absolute atomic E-state index is 0.0338. The molecule has 8 heteroatoms. The predicted molar refractivity (Wildman–Crippen MR) is 55.7 cm³/mol. The maximum absolute atomic E-state index is 13.4. The fourth-order valence-electron chi connectivity index (χ4n) is 1.29. The summed E-state index contributed by atoms with van der Waals surface area (Å²) in [5.74, 6) is -1.97. The highest BCUT2D eigenvalue weighted by atomic mass is 19.1. The van der Waals surface area contributed by atoms with Crippen molar-refractivity contribution in [1.29, 1.82) is 0 Å². The molecule has 0 aliphatic heterocycles. The Bertz CT molecular complexity index is 584. The van der Waals surface area contributed by atoms with E-state index in [1.807, 2.05) is 0 Å². The van der Waals surface area contributed by atoms with Gasteiger partial charge in [-0.05, 0) is 12.1 Å². The molecule has 0 spiro atoms. The summed E-state index contributed by atoms with van der Waals surface area (Å²) in [6.45, 7) is -0.610. The maximum atomic E-state index is 13.4. The minimum Gasteiger partial charge on any atom is -0.479 e. The Morgan fingerprint density at radius 3 is 3.00 bits per heavy atom. The van der Waals surface area contributed by atoms with Crippen LogP contribution in [0.1, 0.15) is 0 Å². The van der Waals surface area contributed by atoms with Gasteiger partial charge in [0.1, 0.15) is 11.4 Å². The number of hydrogen-bond donors (Lipinski definition) is 2. The number of ether oxygens (including phenoxy) is 1. The summed E-state index contributed by atoms with van der Waals surface area (Å²) < 4.78 is 18.2. The molecule has 18 heavy (non-hydrogen) atoms. The monoisotopic (exact) mass is 253 g/mol. The number of carboxylic acid groups (broad SMARTS) is 1. The molecule has 0 aromatic carbocycles. The van der Waals surface area contributed by atoms with Gasteiger partial charge in [-0.15, -0.1) is 0 Å². The molecule has 0 fully saturated rings. The van der Waals surface area contributed by atoms with Gasteiger partial charge in [0.15, 0.2) is 12.4 Å². The molecule has 0 unspecified atom stereocenters. The van der Waals surface area contributed by atoms with E-state index in [0.29, 0.717) is 4.85 Å². The summed E-state index contributed by atoms with van der Waals surface area (Å²) in [7, 11) is 0. The van der Waals surface area contributed by atoms with Crippen LogP contribution in [0.15, 0.2) is 24.4 Å². The smallest absolute Gasteiger partial charge is 0.341 e. The molecule has 0 aliphatic rings. The molecule has 0 radical (unpaired) electrons. The second-order valence-electron chi connectivity index (χ2n) is 3.27. The maximum Gasteiger partial charge on any atom is 0.341 e. The molecule has 0 aliphatic carbocycles. The first kappa shape index (κ1) is 11.8. The lowest BCUT2D eigenvalue weighted by molar-refractivity contribution is -0.139. The van der Waals surface area contributed by atoms with Crippen LogP contribution in [-0.2, 0) is 4.79 Å². The Morgan fingerprint density at radius 1 is 1.56 bits per heavy atom. The van der Waals surface area contributed by atoms with Crippen molar-refractivity contribution in [2.75, 3.05) is 6.61 Å². The zero-order valence-corrected chi connectivity index (χ0v) is 8.95. The van der Waals surface area contributed by atoms with E-state index in [2.05, 4.69) is 10.1 Å². The summed E-state index contributed by atoms with van der Waals surface area (Å²) in [4.78, 5) is 14.4. The van der Waals surface area contributed by atoms with Gasteiger partial charge in [-0.1, -0.05) is 9.94 Å². The van der Waals surface area contributed by atoms with E-state index >= 15 is 0 Å². The molecule has 2 aromatic heterocycles. The van der Waals surface area contributed by atoms with Crippen molar-refractivity contribution in [3.05, 3.63) is 30.2 Å². The molecule has 2 N–H and O–H groups in total. The Labute approximate surface area is 100 Å². The zero-order valence-electron chi connectivity index (χ0n) is 8.95. The highest BCUT2D eigenvalue weighted by Crippen LogP contribution is 2.23. The zero-order chi connectivity index (χ0) is 13.1. The second-order valence-corrected chi connectivity index (χ2v) is 3.27. The largest absolute Gasteiger partial charge is 0.479 e. The van der Waals surface area contributed by atoms with Gasteiger partial charge in [-0.2, -0.15) is 0 Å². The SMILES string of the molecule is O=C(O)COc1cc(-c2ncccc2F)n(O)n1. The molecule has 94 valence electrons. The highest BCUT2D eigenvalue weighted by molar-refractivity contribution is 5.68. The molecule has 2 heterocycles. The third-order valence-corrected chi connectivity index (χ3v) is 2.01. The molecule has 0 saturated heterocycles. The van der Waals surface area contributed by atoms with E-state index in [4.69, 9.17) is 9.84 Å². The van der Waals surface area contributed by atoms with Gasteiger partial charge in [-0.3, -0.25) is 4.98 Å². The predicted octanol–water partition coefficient (Wildman–Crippen LogP) is 0.785. The van der Waals surface area contributed by atoms with E-state index in [0.717, 1.165) is 0 Å². The Kier molecular flexibility index (Phi) is 3.09. The molecular weight excluding hydrogens is 245 g/mol. The first-order valence-corrected chi connectivity index (χ1v) is 4.82. The van der Waals surface area contributed by atoms with Gasteiger partial charge < -0.3 is 15.1 Å². The third kappa shape index (κ3) is 2.37. The number of hydrogen-bond acceptors (Lipinski definition) is 5. The molecule has 0 bridgehead atoms. The third-order valence-electron chi connectivity index (χ3n) is 2.01. The van der Waals surface area contributed by atoms with E-state index in [-0.39, 0.29) is 17.3 Å². The Hall–Kier alpha value is -2.64. The van der Waals surface area contributed by atoms with Crippen LogP contribution in [0.3, 0.4) is 0 Å². The van der Waals surface area contributed by atoms with Crippen LogP contribution in [-0.4, -0.2) is 37.8 Å². The Balaban J connectivity index is 2.30. The topological polar surface area (TPSA) is 97.5 Å². The van der Waals surface area contributed by atoms with Crippen molar-refractivity contribution in [2.45, 2.75) is 0 Å². The lowest BCUT2D eigenvalue weighted by Crippen LogP contribution is -2.09. The lowest BCUT2D eigenvalue weighted by Gasteiger charge is -1.99. The number of aliphatic carboxylic acids is 1. The number of carbonyl (C=O) groups is 1. The molecule has 2 aromatic rings. The van der Waals surface area contributed by atoms with Gasteiger partial charge in [0.05, 0.1) is 0 Å². The van der Waals surface area contributed by atoms with Crippen molar-refractivity contribution < 1.29 is 24.2 Å².